The van der Waals surface area contributed by atoms with E-state index < -0.39 is 0 Å². The van der Waals surface area contributed by atoms with Crippen LogP contribution in [0, 0.1) is 5.92 Å². The number of aromatic nitrogens is 2. The molecule has 4 rings (SSSR count). The van der Waals surface area contributed by atoms with E-state index in [1.165, 1.54) is 0 Å². The molecule has 1 fully saturated rings. The van der Waals surface area contributed by atoms with Gasteiger partial charge in [-0.25, -0.2) is 0 Å². The van der Waals surface area contributed by atoms with Crippen molar-refractivity contribution in [2.24, 2.45) is 5.92 Å². The summed E-state index contributed by atoms with van der Waals surface area (Å²) in [5, 5.41) is 7.28. The number of amides is 1. The van der Waals surface area contributed by atoms with Gasteiger partial charge in [0.1, 0.15) is 0 Å². The Kier molecular flexibility index (Phi) is 8.50. The van der Waals surface area contributed by atoms with Crippen molar-refractivity contribution >= 4 is 5.91 Å². The van der Waals surface area contributed by atoms with Gasteiger partial charge in [-0.2, -0.15) is 4.98 Å². The summed E-state index contributed by atoms with van der Waals surface area (Å²) < 4.78 is 26.9. The fraction of sp³-hybridized carbons (Fsp3) is 0.444. The number of hydrogen-bond acceptors (Lipinski definition) is 9. The fourth-order valence-electron chi connectivity index (χ4n) is 4.55. The van der Waals surface area contributed by atoms with E-state index in [9.17, 15) is 4.79 Å². The van der Waals surface area contributed by atoms with Crippen molar-refractivity contribution in [2.75, 3.05) is 41.5 Å². The zero-order valence-corrected chi connectivity index (χ0v) is 21.9. The van der Waals surface area contributed by atoms with Gasteiger partial charge in [-0.1, -0.05) is 11.2 Å². The molecule has 10 heteroatoms. The number of methoxy groups -OCH3 is 4. The van der Waals surface area contributed by atoms with Crippen LogP contribution >= 0.6 is 0 Å². The van der Waals surface area contributed by atoms with Gasteiger partial charge in [0.15, 0.2) is 23.0 Å². The lowest BCUT2D eigenvalue weighted by Crippen LogP contribution is -2.43. The van der Waals surface area contributed by atoms with Gasteiger partial charge in [0.25, 0.3) is 0 Å². The smallest absolute Gasteiger partial charge is 0.241 e. The van der Waals surface area contributed by atoms with Crippen molar-refractivity contribution in [1.29, 1.82) is 0 Å². The highest BCUT2D eigenvalue weighted by Gasteiger charge is 2.28. The molecule has 37 heavy (non-hydrogen) atoms. The van der Waals surface area contributed by atoms with E-state index in [-0.39, 0.29) is 17.9 Å². The van der Waals surface area contributed by atoms with Gasteiger partial charge in [0.2, 0.25) is 17.6 Å². The van der Waals surface area contributed by atoms with E-state index in [4.69, 9.17) is 23.5 Å². The number of hydrogen-bond donors (Lipinski definition) is 1. The van der Waals surface area contributed by atoms with Gasteiger partial charge in [0, 0.05) is 12.1 Å². The van der Waals surface area contributed by atoms with Gasteiger partial charge in [-0.15, -0.1) is 0 Å². The van der Waals surface area contributed by atoms with Crippen LogP contribution in [0.1, 0.15) is 37.3 Å². The second-order valence-electron chi connectivity index (χ2n) is 9.00. The summed E-state index contributed by atoms with van der Waals surface area (Å²) in [6.45, 7) is 3.94. The third kappa shape index (κ3) is 6.14. The lowest BCUT2D eigenvalue weighted by atomic mass is 9.96. The first-order valence-corrected chi connectivity index (χ1v) is 12.2. The molecule has 10 nitrogen and oxygen atoms in total. The molecule has 1 amide bonds. The molecule has 2 aromatic carbocycles. The minimum atomic E-state index is -0.164. The van der Waals surface area contributed by atoms with Gasteiger partial charge >= 0.3 is 0 Å². The zero-order chi connectivity index (χ0) is 26.4. The van der Waals surface area contributed by atoms with Gasteiger partial charge in [0.05, 0.1) is 46.9 Å². The predicted molar refractivity (Wildman–Crippen MR) is 137 cm³/mol. The molecule has 198 valence electrons. The lowest BCUT2D eigenvalue weighted by Gasteiger charge is -2.31. The first-order chi connectivity index (χ1) is 17.9. The highest BCUT2D eigenvalue weighted by molar-refractivity contribution is 5.79. The standard InChI is InChI=1S/C27H34N4O6/c1-17(18-8-10-21(33-2)23(13-18)35-4)28-27(32)20-7-6-12-31(15-20)16-25-29-26(30-37-25)19-9-11-22(34-3)24(14-19)36-5/h8-11,13-14,17,20H,6-7,12,15-16H2,1-5H3,(H,28,32). The first-order valence-electron chi connectivity index (χ1n) is 12.2. The van der Waals surface area contributed by atoms with E-state index >= 15 is 0 Å². The molecule has 0 aliphatic carbocycles. The summed E-state index contributed by atoms with van der Waals surface area (Å²) >= 11 is 0. The van der Waals surface area contributed by atoms with Crippen LogP contribution in [0.15, 0.2) is 40.9 Å². The number of nitrogens with one attached hydrogen (secondary N) is 1. The Morgan fingerprint density at radius 3 is 2.41 bits per heavy atom. The Labute approximate surface area is 216 Å². The fourth-order valence-corrected chi connectivity index (χ4v) is 4.55. The zero-order valence-electron chi connectivity index (χ0n) is 21.9. The number of ether oxygens (including phenoxy) is 4. The van der Waals surface area contributed by atoms with Crippen LogP contribution < -0.4 is 24.3 Å². The molecule has 2 heterocycles. The maximum atomic E-state index is 13.1. The summed E-state index contributed by atoms with van der Waals surface area (Å²) in [4.78, 5) is 19.8. The second-order valence-corrected chi connectivity index (χ2v) is 9.00. The van der Waals surface area contributed by atoms with Gasteiger partial charge in [-0.3, -0.25) is 9.69 Å². The Bertz CT molecular complexity index is 1210. The molecular formula is C27H34N4O6. The molecule has 0 bridgehead atoms. The molecule has 3 aromatic rings. The number of likely N-dealkylation sites (tertiary alicyclic amines) is 1. The Morgan fingerprint density at radius 2 is 1.70 bits per heavy atom. The van der Waals surface area contributed by atoms with E-state index in [1.54, 1.807) is 34.5 Å². The van der Waals surface area contributed by atoms with Crippen molar-refractivity contribution in [3.05, 3.63) is 47.9 Å². The van der Waals surface area contributed by atoms with E-state index in [2.05, 4.69) is 20.4 Å². The Morgan fingerprint density at radius 1 is 1.03 bits per heavy atom. The van der Waals surface area contributed by atoms with Crippen LogP contribution in [-0.4, -0.2) is 62.5 Å². The molecule has 1 saturated heterocycles. The average molecular weight is 511 g/mol. The molecule has 0 spiro atoms. The number of carbonyl (C=O) groups excluding carboxylic acids is 1. The van der Waals surface area contributed by atoms with Crippen LogP contribution in [0.3, 0.4) is 0 Å². The largest absolute Gasteiger partial charge is 0.493 e. The van der Waals surface area contributed by atoms with Crippen molar-refractivity contribution in [1.82, 2.24) is 20.4 Å². The molecule has 1 N–H and O–H groups in total. The predicted octanol–water partition coefficient (Wildman–Crippen LogP) is 3.86. The van der Waals surface area contributed by atoms with Crippen LogP contribution in [0.5, 0.6) is 23.0 Å². The monoisotopic (exact) mass is 510 g/mol. The number of piperidine rings is 1. The molecule has 1 aromatic heterocycles. The molecule has 1 aliphatic heterocycles. The summed E-state index contributed by atoms with van der Waals surface area (Å²) in [7, 11) is 6.37. The Hall–Kier alpha value is -3.79. The molecular weight excluding hydrogens is 476 g/mol. The van der Waals surface area contributed by atoms with Gasteiger partial charge < -0.3 is 28.8 Å². The van der Waals surface area contributed by atoms with E-state index in [1.807, 2.05) is 37.3 Å². The first kappa shape index (κ1) is 26.3. The molecule has 0 saturated carbocycles. The molecule has 1 aliphatic rings. The maximum absolute atomic E-state index is 13.1. The number of rotatable bonds is 10. The summed E-state index contributed by atoms with van der Waals surface area (Å²) in [5.41, 5.74) is 1.72. The van der Waals surface area contributed by atoms with Crippen molar-refractivity contribution in [3.63, 3.8) is 0 Å². The van der Waals surface area contributed by atoms with Crippen molar-refractivity contribution in [3.8, 4) is 34.4 Å². The number of benzene rings is 2. The normalized spacial score (nSPS) is 16.6. The van der Waals surface area contributed by atoms with Crippen LogP contribution in [0.25, 0.3) is 11.4 Å². The number of carbonyl (C=O) groups is 1. The molecule has 2 unspecified atom stereocenters. The van der Waals surface area contributed by atoms with E-state index in [0.717, 1.165) is 30.5 Å². The minimum Gasteiger partial charge on any atom is -0.493 e. The van der Waals surface area contributed by atoms with Crippen LogP contribution in [-0.2, 0) is 11.3 Å². The summed E-state index contributed by atoms with van der Waals surface area (Å²) in [6, 6.07) is 11.0. The van der Waals surface area contributed by atoms with Crippen LogP contribution in [0.4, 0.5) is 0 Å². The number of nitrogens with zero attached hydrogens (tertiary/aromatic N) is 3. The lowest BCUT2D eigenvalue weighted by molar-refractivity contribution is -0.127. The van der Waals surface area contributed by atoms with Crippen LogP contribution in [0.2, 0.25) is 0 Å². The van der Waals surface area contributed by atoms with E-state index in [0.29, 0.717) is 47.8 Å². The van der Waals surface area contributed by atoms with Crippen molar-refractivity contribution in [2.45, 2.75) is 32.4 Å². The highest BCUT2D eigenvalue weighted by atomic mass is 16.5. The minimum absolute atomic E-state index is 0.0310. The highest BCUT2D eigenvalue weighted by Crippen LogP contribution is 2.32. The Balaban J connectivity index is 1.36. The van der Waals surface area contributed by atoms with Gasteiger partial charge in [-0.05, 0) is 62.2 Å². The second kappa shape index (κ2) is 12.0. The quantitative estimate of drug-likeness (QED) is 0.435. The topological polar surface area (TPSA) is 108 Å². The average Bonchev–Trinajstić information content (AvgIpc) is 3.40. The van der Waals surface area contributed by atoms with Crippen molar-refractivity contribution < 1.29 is 28.3 Å². The molecule has 2 atom stereocenters. The molecule has 0 radical (unpaired) electrons. The SMILES string of the molecule is COc1ccc(-c2noc(CN3CCCC(C(=O)NC(C)c4ccc(OC)c(OC)c4)C3)n2)cc1OC. The third-order valence-corrected chi connectivity index (χ3v) is 6.61. The summed E-state index contributed by atoms with van der Waals surface area (Å²) in [6.07, 6.45) is 1.75. The summed E-state index contributed by atoms with van der Waals surface area (Å²) in [5.74, 6) is 3.41. The maximum Gasteiger partial charge on any atom is 0.241 e. The third-order valence-electron chi connectivity index (χ3n) is 6.61.